The monoisotopic (exact) mass is 395 g/mol. The first-order chi connectivity index (χ1) is 13.8. The predicted octanol–water partition coefficient (Wildman–Crippen LogP) is 2.70. The van der Waals surface area contributed by atoms with Gasteiger partial charge in [-0.15, -0.1) is 0 Å². The highest BCUT2D eigenvalue weighted by Crippen LogP contribution is 2.14. The van der Waals surface area contributed by atoms with Gasteiger partial charge in [0, 0.05) is 32.1 Å². The summed E-state index contributed by atoms with van der Waals surface area (Å²) in [4.78, 5) is 38.5. The van der Waals surface area contributed by atoms with Crippen LogP contribution in [0.2, 0.25) is 0 Å². The van der Waals surface area contributed by atoms with E-state index < -0.39 is 6.04 Å². The lowest BCUT2D eigenvalue weighted by Crippen LogP contribution is -2.42. The van der Waals surface area contributed by atoms with Crippen molar-refractivity contribution in [2.24, 2.45) is 0 Å². The Balaban J connectivity index is 1.99. The Labute approximate surface area is 172 Å². The van der Waals surface area contributed by atoms with Gasteiger partial charge in [0.25, 0.3) is 5.91 Å². The van der Waals surface area contributed by atoms with Gasteiger partial charge in [0.1, 0.15) is 6.04 Å². The molecule has 0 radical (unpaired) electrons. The molecule has 6 heteroatoms. The molecule has 0 aliphatic rings. The highest BCUT2D eigenvalue weighted by molar-refractivity contribution is 5.94. The fourth-order valence-electron chi connectivity index (χ4n) is 2.88. The van der Waals surface area contributed by atoms with Gasteiger partial charge in [0.2, 0.25) is 11.8 Å². The summed E-state index contributed by atoms with van der Waals surface area (Å²) in [5, 5.41) is 5.70. The zero-order valence-electron chi connectivity index (χ0n) is 17.4. The minimum absolute atomic E-state index is 0.0194. The summed E-state index contributed by atoms with van der Waals surface area (Å²) in [6, 6.07) is 15.7. The van der Waals surface area contributed by atoms with Crippen molar-refractivity contribution in [3.05, 3.63) is 71.3 Å². The first-order valence-electron chi connectivity index (χ1n) is 9.73. The van der Waals surface area contributed by atoms with Crippen LogP contribution in [0.25, 0.3) is 0 Å². The van der Waals surface area contributed by atoms with E-state index in [0.717, 1.165) is 11.1 Å². The Kier molecular flexibility index (Phi) is 7.95. The highest BCUT2D eigenvalue weighted by atomic mass is 16.2. The maximum Gasteiger partial charge on any atom is 0.253 e. The van der Waals surface area contributed by atoms with Gasteiger partial charge in [-0.25, -0.2) is 0 Å². The fourth-order valence-corrected chi connectivity index (χ4v) is 2.88. The molecular weight excluding hydrogens is 366 g/mol. The summed E-state index contributed by atoms with van der Waals surface area (Å²) in [5.41, 5.74) is 2.31. The van der Waals surface area contributed by atoms with Gasteiger partial charge in [0.05, 0.1) is 0 Å². The molecule has 0 fully saturated rings. The molecule has 0 saturated carbocycles. The smallest absolute Gasteiger partial charge is 0.253 e. The van der Waals surface area contributed by atoms with Crippen molar-refractivity contribution < 1.29 is 14.4 Å². The van der Waals surface area contributed by atoms with Crippen LogP contribution in [0, 0.1) is 0 Å². The molecular formula is C23H29N3O3. The average molecular weight is 396 g/mol. The second-order valence-corrected chi connectivity index (χ2v) is 7.47. The zero-order valence-corrected chi connectivity index (χ0v) is 17.4. The molecule has 0 unspecified atom stereocenters. The van der Waals surface area contributed by atoms with Crippen molar-refractivity contribution in [1.29, 1.82) is 0 Å². The normalized spacial score (nSPS) is 11.6. The van der Waals surface area contributed by atoms with E-state index in [4.69, 9.17) is 0 Å². The summed E-state index contributed by atoms with van der Waals surface area (Å²) in [7, 11) is 3.42. The third-order valence-electron chi connectivity index (χ3n) is 4.38. The maximum atomic E-state index is 12.6. The molecule has 0 bridgehead atoms. The molecule has 0 aromatic heterocycles. The van der Waals surface area contributed by atoms with Crippen molar-refractivity contribution in [2.75, 3.05) is 14.1 Å². The van der Waals surface area contributed by atoms with Crippen LogP contribution in [0.4, 0.5) is 0 Å². The molecule has 0 aliphatic heterocycles. The molecule has 0 aliphatic carbocycles. The van der Waals surface area contributed by atoms with E-state index in [1.54, 1.807) is 26.2 Å². The summed E-state index contributed by atoms with van der Waals surface area (Å²) >= 11 is 0. The second-order valence-electron chi connectivity index (χ2n) is 7.47. The Morgan fingerprint density at radius 1 is 0.897 bits per heavy atom. The largest absolute Gasteiger partial charge is 0.352 e. The standard InChI is InChI=1S/C23H29N3O3/c1-16(2)24-22(28)21(18-8-6-5-7-9-18)25-20(27)15-12-17-10-13-19(14-11-17)23(29)26(3)4/h5-11,13-14,16,21H,12,15H2,1-4H3,(H,24,28)(H,25,27)/t21-/m0/s1. The molecule has 0 heterocycles. The summed E-state index contributed by atoms with van der Waals surface area (Å²) in [6.07, 6.45) is 0.773. The number of rotatable bonds is 8. The lowest BCUT2D eigenvalue weighted by Gasteiger charge is -2.20. The first kappa shape index (κ1) is 22.1. The van der Waals surface area contributed by atoms with E-state index in [9.17, 15) is 14.4 Å². The molecule has 2 aromatic carbocycles. The van der Waals surface area contributed by atoms with Gasteiger partial charge in [-0.05, 0) is 43.5 Å². The number of aryl methyl sites for hydroxylation is 1. The van der Waals surface area contributed by atoms with Gasteiger partial charge in [-0.2, -0.15) is 0 Å². The van der Waals surface area contributed by atoms with Crippen molar-refractivity contribution in [1.82, 2.24) is 15.5 Å². The molecule has 1 atom stereocenters. The summed E-state index contributed by atoms with van der Waals surface area (Å²) in [6.45, 7) is 3.76. The number of nitrogens with one attached hydrogen (secondary N) is 2. The van der Waals surface area contributed by atoms with Crippen molar-refractivity contribution in [3.8, 4) is 0 Å². The SMILES string of the molecule is CC(C)NC(=O)[C@@H](NC(=O)CCc1ccc(C(=O)N(C)C)cc1)c1ccccc1. The number of nitrogens with zero attached hydrogens (tertiary/aromatic N) is 1. The molecule has 154 valence electrons. The van der Waals surface area contributed by atoms with Crippen molar-refractivity contribution in [2.45, 2.75) is 38.8 Å². The lowest BCUT2D eigenvalue weighted by molar-refractivity contribution is -0.129. The zero-order chi connectivity index (χ0) is 21.4. The Morgan fingerprint density at radius 2 is 1.52 bits per heavy atom. The molecule has 0 spiro atoms. The van der Waals surface area contributed by atoms with Gasteiger partial charge < -0.3 is 15.5 Å². The molecule has 2 rings (SSSR count). The van der Waals surface area contributed by atoms with Crippen molar-refractivity contribution >= 4 is 17.7 Å². The van der Waals surface area contributed by atoms with E-state index in [0.29, 0.717) is 12.0 Å². The fraction of sp³-hybridized carbons (Fsp3) is 0.348. The maximum absolute atomic E-state index is 12.6. The Bertz CT molecular complexity index is 830. The van der Waals surface area contributed by atoms with E-state index in [2.05, 4.69) is 10.6 Å². The minimum atomic E-state index is -0.730. The number of amides is 3. The molecule has 0 saturated heterocycles. The minimum Gasteiger partial charge on any atom is -0.352 e. The van der Waals surface area contributed by atoms with Gasteiger partial charge >= 0.3 is 0 Å². The lowest BCUT2D eigenvalue weighted by atomic mass is 10.0. The third-order valence-corrected chi connectivity index (χ3v) is 4.38. The predicted molar refractivity (Wildman–Crippen MR) is 113 cm³/mol. The molecule has 2 aromatic rings. The van der Waals surface area contributed by atoms with Crippen LogP contribution in [-0.4, -0.2) is 42.8 Å². The van der Waals surface area contributed by atoms with Crippen LogP contribution < -0.4 is 10.6 Å². The summed E-state index contributed by atoms with van der Waals surface area (Å²) in [5.74, 6) is -0.492. The number of carbonyl (C=O) groups excluding carboxylic acids is 3. The van der Waals surface area contributed by atoms with Crippen LogP contribution in [0.5, 0.6) is 0 Å². The number of carbonyl (C=O) groups is 3. The number of benzene rings is 2. The molecule has 6 nitrogen and oxygen atoms in total. The van der Waals surface area contributed by atoms with Gasteiger partial charge in [-0.3, -0.25) is 14.4 Å². The quantitative estimate of drug-likeness (QED) is 0.721. The van der Waals surface area contributed by atoms with E-state index in [1.807, 2.05) is 56.3 Å². The van der Waals surface area contributed by atoms with Gasteiger partial charge in [-0.1, -0.05) is 42.5 Å². The molecule has 3 amide bonds. The van der Waals surface area contributed by atoms with Gasteiger partial charge in [0.15, 0.2) is 0 Å². The van der Waals surface area contributed by atoms with Crippen molar-refractivity contribution in [3.63, 3.8) is 0 Å². The van der Waals surface area contributed by atoms with Crippen LogP contribution in [0.3, 0.4) is 0 Å². The second kappa shape index (κ2) is 10.4. The average Bonchev–Trinajstić information content (AvgIpc) is 2.70. The van der Waals surface area contributed by atoms with Crippen LogP contribution in [0.15, 0.2) is 54.6 Å². The van der Waals surface area contributed by atoms with E-state index in [-0.39, 0.29) is 30.2 Å². The first-order valence-corrected chi connectivity index (χ1v) is 9.73. The number of hydrogen-bond acceptors (Lipinski definition) is 3. The van der Waals surface area contributed by atoms with Crippen LogP contribution in [-0.2, 0) is 16.0 Å². The molecule has 2 N–H and O–H groups in total. The topological polar surface area (TPSA) is 78.5 Å². The molecule has 29 heavy (non-hydrogen) atoms. The highest BCUT2D eigenvalue weighted by Gasteiger charge is 2.23. The van der Waals surface area contributed by atoms with Crippen LogP contribution in [0.1, 0.15) is 47.8 Å². The van der Waals surface area contributed by atoms with Crippen LogP contribution >= 0.6 is 0 Å². The number of hydrogen-bond donors (Lipinski definition) is 2. The third kappa shape index (κ3) is 6.75. The Morgan fingerprint density at radius 3 is 2.07 bits per heavy atom. The van der Waals surface area contributed by atoms with E-state index in [1.165, 1.54) is 4.90 Å². The summed E-state index contributed by atoms with van der Waals surface area (Å²) < 4.78 is 0. The van der Waals surface area contributed by atoms with E-state index >= 15 is 0 Å². The Hall–Kier alpha value is -3.15.